The Kier molecular flexibility index (Phi) is 3.70. The summed E-state index contributed by atoms with van der Waals surface area (Å²) < 4.78 is 5.09. The van der Waals surface area contributed by atoms with Crippen molar-refractivity contribution in [2.45, 2.75) is 39.7 Å². The number of carbonyl (C=O) groups is 3. The number of nitrogens with zero attached hydrogens (tertiary/aromatic N) is 1. The van der Waals surface area contributed by atoms with Crippen molar-refractivity contribution in [3.8, 4) is 0 Å². The maximum absolute atomic E-state index is 11.5. The summed E-state index contributed by atoms with van der Waals surface area (Å²) in [6.45, 7) is 6.95. The Hall–Kier alpha value is -1.65. The quantitative estimate of drug-likeness (QED) is 0.545. The van der Waals surface area contributed by atoms with Crippen LogP contribution in [0.5, 0.6) is 0 Å². The molecule has 0 radical (unpaired) electrons. The van der Waals surface area contributed by atoms with E-state index in [1.165, 1.54) is 6.08 Å². The van der Waals surface area contributed by atoms with Crippen LogP contribution in [-0.4, -0.2) is 34.8 Å². The van der Waals surface area contributed by atoms with Crippen LogP contribution in [0.1, 0.15) is 34.1 Å². The molecule has 5 heteroatoms. The van der Waals surface area contributed by atoms with E-state index in [4.69, 9.17) is 4.74 Å². The van der Waals surface area contributed by atoms with Gasteiger partial charge in [0.1, 0.15) is 5.60 Å². The minimum absolute atomic E-state index is 0.0237. The first-order chi connectivity index (χ1) is 7.70. The van der Waals surface area contributed by atoms with Gasteiger partial charge in [-0.2, -0.15) is 0 Å². The topological polar surface area (TPSA) is 63.7 Å². The summed E-state index contributed by atoms with van der Waals surface area (Å²) in [6.07, 6.45) is 1.30. The van der Waals surface area contributed by atoms with Crippen molar-refractivity contribution in [2.24, 2.45) is 0 Å². The van der Waals surface area contributed by atoms with Crippen molar-refractivity contribution in [3.05, 3.63) is 11.6 Å². The van der Waals surface area contributed by atoms with Crippen LogP contribution in [0.4, 0.5) is 0 Å². The number of hydrogen-bond donors (Lipinski definition) is 0. The molecule has 1 aliphatic rings. The molecule has 1 aliphatic heterocycles. The van der Waals surface area contributed by atoms with Crippen molar-refractivity contribution in [2.75, 3.05) is 6.54 Å². The van der Waals surface area contributed by atoms with E-state index in [0.717, 1.165) is 4.90 Å². The van der Waals surface area contributed by atoms with E-state index < -0.39 is 11.6 Å². The fraction of sp³-hybridized carbons (Fsp3) is 0.583. The summed E-state index contributed by atoms with van der Waals surface area (Å²) >= 11 is 0. The second-order valence-electron chi connectivity index (χ2n) is 4.96. The first-order valence-corrected chi connectivity index (χ1v) is 5.46. The van der Waals surface area contributed by atoms with Crippen molar-refractivity contribution in [3.63, 3.8) is 0 Å². The minimum atomic E-state index is -0.551. The zero-order valence-electron chi connectivity index (χ0n) is 10.6. The molecule has 0 unspecified atom stereocenters. The highest BCUT2D eigenvalue weighted by Crippen LogP contribution is 2.13. The van der Waals surface area contributed by atoms with Gasteiger partial charge in [0, 0.05) is 18.2 Å². The number of rotatable bonds is 3. The molecule has 5 nitrogen and oxygen atoms in total. The van der Waals surface area contributed by atoms with E-state index in [2.05, 4.69) is 0 Å². The van der Waals surface area contributed by atoms with E-state index >= 15 is 0 Å². The Balaban J connectivity index is 2.45. The van der Waals surface area contributed by atoms with Crippen LogP contribution in [0.25, 0.3) is 0 Å². The summed E-state index contributed by atoms with van der Waals surface area (Å²) in [7, 11) is 0. The first kappa shape index (κ1) is 13.4. The van der Waals surface area contributed by atoms with Crippen LogP contribution < -0.4 is 0 Å². The molecule has 0 aromatic carbocycles. The van der Waals surface area contributed by atoms with Gasteiger partial charge in [-0.1, -0.05) is 0 Å². The molecule has 0 aliphatic carbocycles. The summed E-state index contributed by atoms with van der Waals surface area (Å²) in [6, 6.07) is 0. The average Bonchev–Trinajstić information content (AvgIpc) is 2.36. The van der Waals surface area contributed by atoms with Gasteiger partial charge in [-0.25, -0.2) is 0 Å². The predicted octanol–water partition coefficient (Wildman–Crippen LogP) is 1.03. The van der Waals surface area contributed by atoms with Gasteiger partial charge < -0.3 is 4.74 Å². The fourth-order valence-electron chi connectivity index (χ4n) is 1.45. The number of esters is 1. The smallest absolute Gasteiger partial charge is 0.308 e. The van der Waals surface area contributed by atoms with Crippen LogP contribution in [-0.2, 0) is 19.1 Å². The summed E-state index contributed by atoms with van der Waals surface area (Å²) in [4.78, 5) is 35.3. The second kappa shape index (κ2) is 4.69. The molecule has 2 amide bonds. The minimum Gasteiger partial charge on any atom is -0.460 e. The standard InChI is InChI=1S/C12H17NO4/c1-8-7-9(14)13(11(8)16)6-5-10(15)17-12(2,3)4/h7H,5-6H2,1-4H3. The lowest BCUT2D eigenvalue weighted by Crippen LogP contribution is -2.34. The molecule has 0 saturated heterocycles. The summed E-state index contributed by atoms with van der Waals surface area (Å²) in [5, 5.41) is 0. The Morgan fingerprint density at radius 1 is 1.35 bits per heavy atom. The monoisotopic (exact) mass is 239 g/mol. The fourth-order valence-corrected chi connectivity index (χ4v) is 1.45. The van der Waals surface area contributed by atoms with Gasteiger partial charge >= 0.3 is 5.97 Å². The highest BCUT2D eigenvalue weighted by atomic mass is 16.6. The molecule has 0 atom stereocenters. The van der Waals surface area contributed by atoms with Crippen LogP contribution in [0.3, 0.4) is 0 Å². The van der Waals surface area contributed by atoms with Gasteiger partial charge in [-0.15, -0.1) is 0 Å². The van der Waals surface area contributed by atoms with Crippen molar-refractivity contribution in [1.29, 1.82) is 0 Å². The molecule has 0 aromatic rings. The van der Waals surface area contributed by atoms with E-state index in [0.29, 0.717) is 5.57 Å². The Bertz CT molecular complexity index is 390. The molecular formula is C12H17NO4. The third-order valence-electron chi connectivity index (χ3n) is 2.15. The Labute approximate surface area is 100 Å². The van der Waals surface area contributed by atoms with Crippen molar-refractivity contribution in [1.82, 2.24) is 4.90 Å². The van der Waals surface area contributed by atoms with E-state index in [-0.39, 0.29) is 24.8 Å². The van der Waals surface area contributed by atoms with E-state index in [1.807, 2.05) is 0 Å². The van der Waals surface area contributed by atoms with Crippen LogP contribution in [0.2, 0.25) is 0 Å². The number of amides is 2. The normalized spacial score (nSPS) is 16.2. The molecule has 0 aromatic heterocycles. The van der Waals surface area contributed by atoms with Crippen LogP contribution >= 0.6 is 0 Å². The van der Waals surface area contributed by atoms with Crippen molar-refractivity contribution < 1.29 is 19.1 Å². The summed E-state index contributed by atoms with van der Waals surface area (Å²) in [5.74, 6) is -1.11. The van der Waals surface area contributed by atoms with Gasteiger partial charge in [-0.3, -0.25) is 19.3 Å². The third-order valence-corrected chi connectivity index (χ3v) is 2.15. The molecule has 17 heavy (non-hydrogen) atoms. The highest BCUT2D eigenvalue weighted by Gasteiger charge is 2.29. The zero-order chi connectivity index (χ0) is 13.2. The zero-order valence-corrected chi connectivity index (χ0v) is 10.6. The van der Waals surface area contributed by atoms with Crippen LogP contribution in [0, 0.1) is 0 Å². The number of ether oxygens (including phenoxy) is 1. The molecule has 1 rings (SSSR count). The maximum atomic E-state index is 11.5. The number of hydrogen-bond acceptors (Lipinski definition) is 4. The average molecular weight is 239 g/mol. The van der Waals surface area contributed by atoms with Gasteiger partial charge in [0.25, 0.3) is 11.8 Å². The van der Waals surface area contributed by atoms with Crippen molar-refractivity contribution >= 4 is 17.8 Å². The maximum Gasteiger partial charge on any atom is 0.308 e. The SMILES string of the molecule is CC1=CC(=O)N(CCC(=O)OC(C)(C)C)C1=O. The lowest BCUT2D eigenvalue weighted by atomic mass is 10.2. The highest BCUT2D eigenvalue weighted by molar-refractivity contribution is 6.15. The first-order valence-electron chi connectivity index (χ1n) is 5.46. The van der Waals surface area contributed by atoms with Gasteiger partial charge in [0.15, 0.2) is 0 Å². The Morgan fingerprint density at radius 3 is 2.35 bits per heavy atom. The molecule has 94 valence electrons. The molecule has 0 spiro atoms. The predicted molar refractivity (Wildman–Crippen MR) is 60.9 cm³/mol. The van der Waals surface area contributed by atoms with E-state index in [9.17, 15) is 14.4 Å². The summed E-state index contributed by atoms with van der Waals surface area (Å²) in [5.41, 5.74) is -0.149. The van der Waals surface area contributed by atoms with Gasteiger partial charge in [-0.05, 0) is 27.7 Å². The lowest BCUT2D eigenvalue weighted by Gasteiger charge is -2.20. The van der Waals surface area contributed by atoms with Crippen LogP contribution in [0.15, 0.2) is 11.6 Å². The molecule has 1 heterocycles. The molecular weight excluding hydrogens is 222 g/mol. The number of carbonyl (C=O) groups excluding carboxylic acids is 3. The Morgan fingerprint density at radius 2 is 1.94 bits per heavy atom. The molecule has 0 N–H and O–H groups in total. The van der Waals surface area contributed by atoms with Gasteiger partial charge in [0.05, 0.1) is 6.42 Å². The third kappa shape index (κ3) is 3.69. The lowest BCUT2D eigenvalue weighted by molar-refractivity contribution is -0.155. The molecule has 0 fully saturated rings. The largest absolute Gasteiger partial charge is 0.460 e. The second-order valence-corrected chi connectivity index (χ2v) is 4.96. The van der Waals surface area contributed by atoms with Gasteiger partial charge in [0.2, 0.25) is 0 Å². The van der Waals surface area contributed by atoms with E-state index in [1.54, 1.807) is 27.7 Å². The number of imide groups is 1. The molecule has 0 bridgehead atoms. The molecule has 0 saturated carbocycles.